The van der Waals surface area contributed by atoms with Gasteiger partial charge >= 0.3 is 6.09 Å². The molecule has 2 aliphatic heterocycles. The number of carbonyl (C=O) groups excluding carboxylic acids is 3. The zero-order valence-electron chi connectivity index (χ0n) is 27.7. The van der Waals surface area contributed by atoms with Gasteiger partial charge in [0.05, 0.1) is 61.4 Å². The average Bonchev–Trinajstić information content (AvgIpc) is 3.59. The molecule has 254 valence electrons. The van der Waals surface area contributed by atoms with Crippen LogP contribution in [0.1, 0.15) is 60.3 Å². The maximum Gasteiger partial charge on any atom is 0.417 e. The van der Waals surface area contributed by atoms with Crippen molar-refractivity contribution in [2.75, 3.05) is 26.1 Å². The third-order valence-corrected chi connectivity index (χ3v) is 8.28. The van der Waals surface area contributed by atoms with Gasteiger partial charge in [0.15, 0.2) is 0 Å². The van der Waals surface area contributed by atoms with E-state index in [2.05, 4.69) is 15.3 Å². The molecule has 0 aliphatic carbocycles. The lowest BCUT2D eigenvalue weighted by Crippen LogP contribution is -2.38. The Hall–Kier alpha value is -5.59. The van der Waals surface area contributed by atoms with E-state index in [-0.39, 0.29) is 54.0 Å². The van der Waals surface area contributed by atoms with Crippen molar-refractivity contribution in [1.82, 2.24) is 19.8 Å². The molecule has 0 bridgehead atoms. The van der Waals surface area contributed by atoms with Gasteiger partial charge in [-0.15, -0.1) is 0 Å². The Labute approximate surface area is 281 Å². The van der Waals surface area contributed by atoms with Crippen molar-refractivity contribution in [3.63, 3.8) is 0 Å². The largest absolute Gasteiger partial charge is 0.497 e. The highest BCUT2D eigenvalue weighted by Gasteiger charge is 2.39. The summed E-state index contributed by atoms with van der Waals surface area (Å²) in [5, 5.41) is 3.13. The number of carbonyl (C=O) groups is 3. The van der Waals surface area contributed by atoms with Gasteiger partial charge in [-0.2, -0.15) is 0 Å². The van der Waals surface area contributed by atoms with Gasteiger partial charge in [0.2, 0.25) is 5.91 Å². The third kappa shape index (κ3) is 6.73. The number of methoxy groups -OCH3 is 2. The number of aromatic nitrogens is 2. The van der Waals surface area contributed by atoms with E-state index in [9.17, 15) is 23.2 Å². The van der Waals surface area contributed by atoms with E-state index in [0.717, 1.165) is 22.6 Å². The van der Waals surface area contributed by atoms with Gasteiger partial charge in [-0.05, 0) is 69.2 Å². The lowest BCUT2D eigenvalue weighted by Gasteiger charge is -2.23. The molecular weight excluding hydrogens is 636 g/mol. The highest BCUT2D eigenvalue weighted by Crippen LogP contribution is 2.37. The fraction of sp³-hybridized carbons (Fsp3) is 0.306. The van der Waals surface area contributed by atoms with E-state index in [1.165, 1.54) is 25.4 Å². The summed E-state index contributed by atoms with van der Waals surface area (Å²) in [6, 6.07) is 13.6. The monoisotopic (exact) mass is 671 g/mol. The van der Waals surface area contributed by atoms with Gasteiger partial charge in [-0.3, -0.25) is 9.59 Å². The molecule has 6 rings (SSSR count). The zero-order chi connectivity index (χ0) is 35.0. The van der Waals surface area contributed by atoms with E-state index in [1.54, 1.807) is 63.1 Å². The summed E-state index contributed by atoms with van der Waals surface area (Å²) in [5.74, 6) is -1.47. The normalized spacial score (nSPS) is 15.8. The van der Waals surface area contributed by atoms with Gasteiger partial charge < -0.3 is 24.4 Å². The lowest BCUT2D eigenvalue weighted by molar-refractivity contribution is -0.128. The number of hydrogen-bond acceptors (Lipinski definition) is 9. The average molecular weight is 672 g/mol. The predicted octanol–water partition coefficient (Wildman–Crippen LogP) is 6.59. The van der Waals surface area contributed by atoms with Crippen LogP contribution in [0, 0.1) is 11.6 Å². The number of anilines is 2. The SMILES string of the molecule is COc1ccc(CN2Cc3nc(-c4c(F)cccc4F)cc(Nc4ccc(C5CCN(C(=O)OC(C)(C)C)C5=O)cn4)c3C2=O)c(OC)c1. The maximum absolute atomic E-state index is 14.9. The number of imide groups is 1. The first kappa shape index (κ1) is 33.3. The van der Waals surface area contributed by atoms with Crippen LogP contribution in [-0.2, 0) is 22.6 Å². The molecule has 1 saturated heterocycles. The van der Waals surface area contributed by atoms with Gasteiger partial charge in [-0.25, -0.2) is 28.4 Å². The Balaban J connectivity index is 1.29. The first-order valence-electron chi connectivity index (χ1n) is 15.6. The number of halogens is 2. The Kier molecular flexibility index (Phi) is 8.93. The summed E-state index contributed by atoms with van der Waals surface area (Å²) < 4.78 is 46.1. The van der Waals surface area contributed by atoms with Crippen molar-refractivity contribution in [1.29, 1.82) is 0 Å². The Morgan fingerprint density at radius 2 is 1.76 bits per heavy atom. The molecule has 1 atom stereocenters. The van der Waals surface area contributed by atoms with Gasteiger partial charge in [0.25, 0.3) is 5.91 Å². The lowest BCUT2D eigenvalue weighted by atomic mass is 10.00. The van der Waals surface area contributed by atoms with Crippen molar-refractivity contribution in [3.8, 4) is 22.8 Å². The minimum Gasteiger partial charge on any atom is -0.497 e. The maximum atomic E-state index is 14.9. The molecule has 49 heavy (non-hydrogen) atoms. The number of hydrogen-bond donors (Lipinski definition) is 1. The molecule has 13 heteroatoms. The third-order valence-electron chi connectivity index (χ3n) is 8.28. The molecule has 2 aromatic carbocycles. The molecular formula is C36H35F2N5O6. The van der Waals surface area contributed by atoms with E-state index in [4.69, 9.17) is 14.2 Å². The summed E-state index contributed by atoms with van der Waals surface area (Å²) in [5.41, 5.74) is 1.09. The van der Waals surface area contributed by atoms with Crippen molar-refractivity contribution in [2.24, 2.45) is 0 Å². The quantitative estimate of drug-likeness (QED) is 0.221. The second kappa shape index (κ2) is 13.1. The number of nitrogens with zero attached hydrogens (tertiary/aromatic N) is 4. The first-order valence-corrected chi connectivity index (χ1v) is 15.6. The molecule has 0 radical (unpaired) electrons. The summed E-state index contributed by atoms with van der Waals surface area (Å²) in [4.78, 5) is 51.2. The first-order chi connectivity index (χ1) is 23.4. The minimum atomic E-state index is -0.799. The molecule has 11 nitrogen and oxygen atoms in total. The van der Waals surface area contributed by atoms with Crippen LogP contribution in [0.5, 0.6) is 11.5 Å². The minimum absolute atomic E-state index is 0.00364. The number of ether oxygens (including phenoxy) is 3. The van der Waals surface area contributed by atoms with Crippen LogP contribution in [0.2, 0.25) is 0 Å². The smallest absolute Gasteiger partial charge is 0.417 e. The fourth-order valence-electron chi connectivity index (χ4n) is 5.96. The molecule has 0 saturated carbocycles. The Morgan fingerprint density at radius 3 is 2.41 bits per heavy atom. The van der Waals surface area contributed by atoms with E-state index in [1.807, 2.05) is 0 Å². The summed E-state index contributed by atoms with van der Waals surface area (Å²) in [6.45, 7) is 5.67. The van der Waals surface area contributed by atoms with Gasteiger partial charge in [0, 0.05) is 24.4 Å². The highest BCUT2D eigenvalue weighted by atomic mass is 19.1. The number of rotatable bonds is 8. The molecule has 4 heterocycles. The van der Waals surface area contributed by atoms with Gasteiger partial charge in [0.1, 0.15) is 34.6 Å². The van der Waals surface area contributed by atoms with Crippen LogP contribution in [-0.4, -0.2) is 64.0 Å². The predicted molar refractivity (Wildman–Crippen MR) is 176 cm³/mol. The van der Waals surface area contributed by atoms with Crippen LogP contribution >= 0.6 is 0 Å². The fourth-order valence-corrected chi connectivity index (χ4v) is 5.96. The van der Waals surface area contributed by atoms with Crippen LogP contribution in [0.3, 0.4) is 0 Å². The topological polar surface area (TPSA) is 123 Å². The number of amides is 3. The summed E-state index contributed by atoms with van der Waals surface area (Å²) in [7, 11) is 3.07. The molecule has 1 unspecified atom stereocenters. The number of likely N-dealkylation sites (tertiary alicyclic amines) is 1. The van der Waals surface area contributed by atoms with Crippen molar-refractivity contribution >= 4 is 29.4 Å². The van der Waals surface area contributed by atoms with Gasteiger partial charge in [-0.1, -0.05) is 12.1 Å². The second-order valence-corrected chi connectivity index (χ2v) is 12.7. The second-order valence-electron chi connectivity index (χ2n) is 12.7. The summed E-state index contributed by atoms with van der Waals surface area (Å²) in [6.07, 6.45) is 1.24. The van der Waals surface area contributed by atoms with E-state index in [0.29, 0.717) is 35.0 Å². The number of fused-ring (bicyclic) bond motifs is 1. The molecule has 2 aliphatic rings. The number of nitrogens with one attached hydrogen (secondary N) is 1. The zero-order valence-corrected chi connectivity index (χ0v) is 27.7. The number of benzene rings is 2. The molecule has 0 spiro atoms. The summed E-state index contributed by atoms with van der Waals surface area (Å²) >= 11 is 0. The Morgan fingerprint density at radius 1 is 1.00 bits per heavy atom. The molecule has 3 amide bonds. The van der Waals surface area contributed by atoms with Crippen LogP contribution < -0.4 is 14.8 Å². The van der Waals surface area contributed by atoms with E-state index >= 15 is 0 Å². The standard InChI is InChI=1S/C36H35F2N5O6/c1-36(2,3)49-35(46)43-14-13-23(33(43)44)20-10-12-30(39-17-20)41-27-16-26(31-24(37)7-6-8-25(31)38)40-28-19-42(34(45)32(27)28)18-21-9-11-22(47-4)15-29(21)48-5/h6-12,15-17,23H,13-14,18-19H2,1-5H3,(H,39,40,41). The highest BCUT2D eigenvalue weighted by molar-refractivity contribution is 6.04. The molecule has 1 fully saturated rings. The van der Waals surface area contributed by atoms with Crippen LogP contribution in [0.25, 0.3) is 11.3 Å². The van der Waals surface area contributed by atoms with Crippen LogP contribution in [0.4, 0.5) is 25.1 Å². The molecule has 1 N–H and O–H groups in total. The van der Waals surface area contributed by atoms with E-state index < -0.39 is 29.2 Å². The van der Waals surface area contributed by atoms with Crippen molar-refractivity contribution in [3.05, 3.63) is 94.8 Å². The van der Waals surface area contributed by atoms with Crippen molar-refractivity contribution < 1.29 is 37.4 Å². The Bertz CT molecular complexity index is 1930. The van der Waals surface area contributed by atoms with Crippen molar-refractivity contribution in [2.45, 2.75) is 51.8 Å². The van der Waals surface area contributed by atoms with Crippen LogP contribution in [0.15, 0.2) is 60.8 Å². The molecule has 2 aromatic heterocycles. The molecule has 4 aromatic rings. The number of pyridine rings is 2.